The van der Waals surface area contributed by atoms with Crippen LogP contribution in [0.5, 0.6) is 11.5 Å². The molecule has 0 aliphatic carbocycles. The number of fused-ring (bicyclic) bond motifs is 1. The van der Waals surface area contributed by atoms with Crippen molar-refractivity contribution < 1.29 is 28.6 Å². The highest BCUT2D eigenvalue weighted by Gasteiger charge is 2.46. The fraction of sp³-hybridized carbons (Fsp3) is 0.167. The number of Topliss-reactive ketones (excluding diaryl/α,β-unsaturated/α-hetero) is 1. The van der Waals surface area contributed by atoms with E-state index in [1.165, 1.54) is 28.4 Å². The standard InChI is InChI=1S/C24H18FNO5S/c25-16-6-3-14(4-7-16)13-26-21(19-2-1-11-32-19)20(23(28)24(26)29)22(27)15-5-8-17-18(12-15)31-10-9-30-17/h1-8,11-12,21,27H,9-10,13H2/b22-20-. The lowest BCUT2D eigenvalue weighted by Gasteiger charge is -2.24. The van der Waals surface area contributed by atoms with Gasteiger partial charge in [0.05, 0.1) is 11.6 Å². The van der Waals surface area contributed by atoms with Gasteiger partial charge in [-0.25, -0.2) is 4.39 Å². The van der Waals surface area contributed by atoms with Gasteiger partial charge in [-0.2, -0.15) is 0 Å². The lowest BCUT2D eigenvalue weighted by molar-refractivity contribution is -0.140. The first-order valence-electron chi connectivity index (χ1n) is 9.99. The van der Waals surface area contributed by atoms with Crippen LogP contribution in [-0.4, -0.2) is 34.9 Å². The highest BCUT2D eigenvalue weighted by molar-refractivity contribution is 7.10. The van der Waals surface area contributed by atoms with Crippen LogP contribution in [0.25, 0.3) is 5.76 Å². The second-order valence-corrected chi connectivity index (χ2v) is 8.41. The molecule has 1 saturated heterocycles. The Bertz CT molecular complexity index is 1220. The highest BCUT2D eigenvalue weighted by atomic mass is 32.1. The number of aliphatic hydroxyl groups is 1. The van der Waals surface area contributed by atoms with E-state index >= 15 is 0 Å². The summed E-state index contributed by atoms with van der Waals surface area (Å²) in [5, 5.41) is 13.0. The van der Waals surface area contributed by atoms with Gasteiger partial charge in [0.1, 0.15) is 24.8 Å². The van der Waals surface area contributed by atoms with Crippen LogP contribution in [0.3, 0.4) is 0 Å². The molecule has 1 atom stereocenters. The second kappa shape index (κ2) is 8.12. The molecule has 1 N–H and O–H groups in total. The molecular weight excluding hydrogens is 433 g/mol. The summed E-state index contributed by atoms with van der Waals surface area (Å²) in [6, 6.07) is 13.5. The Kier molecular flexibility index (Phi) is 5.14. The second-order valence-electron chi connectivity index (χ2n) is 7.43. The number of ether oxygens (including phenoxy) is 2. The molecule has 1 unspecified atom stereocenters. The van der Waals surface area contributed by atoms with Crippen molar-refractivity contribution in [2.24, 2.45) is 0 Å². The number of halogens is 1. The molecule has 1 aromatic heterocycles. The molecule has 1 fully saturated rings. The van der Waals surface area contributed by atoms with Gasteiger partial charge in [-0.1, -0.05) is 18.2 Å². The normalized spacial score (nSPS) is 19.4. The predicted molar refractivity (Wildman–Crippen MR) is 116 cm³/mol. The number of carbonyl (C=O) groups excluding carboxylic acids is 2. The fourth-order valence-electron chi connectivity index (χ4n) is 3.92. The molecule has 32 heavy (non-hydrogen) atoms. The van der Waals surface area contributed by atoms with Gasteiger partial charge in [0.2, 0.25) is 0 Å². The third-order valence-electron chi connectivity index (χ3n) is 5.43. The average molecular weight is 451 g/mol. The molecule has 0 spiro atoms. The maximum Gasteiger partial charge on any atom is 0.295 e. The number of hydrogen-bond acceptors (Lipinski definition) is 6. The summed E-state index contributed by atoms with van der Waals surface area (Å²) in [5.74, 6) is -1.12. The summed E-state index contributed by atoms with van der Waals surface area (Å²) >= 11 is 1.38. The van der Waals surface area contributed by atoms with E-state index in [0.717, 1.165) is 4.88 Å². The van der Waals surface area contributed by atoms with Crippen LogP contribution in [0.2, 0.25) is 0 Å². The lowest BCUT2D eigenvalue weighted by atomic mass is 9.99. The Morgan fingerprint density at radius 3 is 2.53 bits per heavy atom. The summed E-state index contributed by atoms with van der Waals surface area (Å²) in [4.78, 5) is 28.2. The Labute approximate surface area is 187 Å². The maximum absolute atomic E-state index is 13.3. The Morgan fingerprint density at radius 1 is 1.06 bits per heavy atom. The van der Waals surface area contributed by atoms with E-state index in [1.807, 2.05) is 17.5 Å². The zero-order valence-electron chi connectivity index (χ0n) is 16.8. The number of ketones is 1. The number of aliphatic hydroxyl groups excluding tert-OH is 1. The van der Waals surface area contributed by atoms with Gasteiger partial charge in [0, 0.05) is 17.0 Å². The van der Waals surface area contributed by atoms with E-state index in [-0.39, 0.29) is 23.7 Å². The summed E-state index contributed by atoms with van der Waals surface area (Å²) < 4.78 is 24.4. The van der Waals surface area contributed by atoms with Gasteiger partial charge in [0.15, 0.2) is 11.5 Å². The summed E-state index contributed by atoms with van der Waals surface area (Å²) in [5.41, 5.74) is 1.04. The Balaban J connectivity index is 1.59. The molecule has 1 amide bonds. The SMILES string of the molecule is O=C1C(=O)N(Cc2ccc(F)cc2)C(c2cccs2)/C1=C(/O)c1ccc2c(c1)OCCO2. The lowest BCUT2D eigenvalue weighted by Crippen LogP contribution is -2.28. The topological polar surface area (TPSA) is 76.1 Å². The van der Waals surface area contributed by atoms with Crippen molar-refractivity contribution in [3.63, 3.8) is 0 Å². The first-order chi connectivity index (χ1) is 15.5. The molecule has 0 radical (unpaired) electrons. The molecule has 8 heteroatoms. The maximum atomic E-state index is 13.3. The summed E-state index contributed by atoms with van der Waals surface area (Å²) in [6.07, 6.45) is 0. The van der Waals surface area contributed by atoms with E-state index < -0.39 is 17.7 Å². The zero-order valence-corrected chi connectivity index (χ0v) is 17.6. The minimum atomic E-state index is -0.766. The fourth-order valence-corrected chi connectivity index (χ4v) is 4.76. The molecular formula is C24H18FNO5S. The van der Waals surface area contributed by atoms with E-state index in [4.69, 9.17) is 9.47 Å². The number of nitrogens with zero attached hydrogens (tertiary/aromatic N) is 1. The van der Waals surface area contributed by atoms with E-state index in [0.29, 0.717) is 35.8 Å². The van der Waals surface area contributed by atoms with Gasteiger partial charge >= 0.3 is 0 Å². The van der Waals surface area contributed by atoms with Gasteiger partial charge in [0.25, 0.3) is 11.7 Å². The Hall–Kier alpha value is -3.65. The predicted octanol–water partition coefficient (Wildman–Crippen LogP) is 4.28. The zero-order chi connectivity index (χ0) is 22.2. The average Bonchev–Trinajstić information content (AvgIpc) is 3.42. The summed E-state index contributed by atoms with van der Waals surface area (Å²) in [6.45, 7) is 0.922. The summed E-state index contributed by atoms with van der Waals surface area (Å²) in [7, 11) is 0. The molecule has 6 nitrogen and oxygen atoms in total. The van der Waals surface area contributed by atoms with Crippen LogP contribution >= 0.6 is 11.3 Å². The number of likely N-dealkylation sites (tertiary alicyclic amines) is 1. The monoisotopic (exact) mass is 451 g/mol. The largest absolute Gasteiger partial charge is 0.507 e. The molecule has 162 valence electrons. The van der Waals surface area contributed by atoms with Crippen LogP contribution in [-0.2, 0) is 16.1 Å². The van der Waals surface area contributed by atoms with Gasteiger partial charge < -0.3 is 19.5 Å². The Morgan fingerprint density at radius 2 is 1.81 bits per heavy atom. The van der Waals surface area contributed by atoms with Crippen molar-refractivity contribution in [1.29, 1.82) is 0 Å². The van der Waals surface area contributed by atoms with Crippen LogP contribution in [0, 0.1) is 5.82 Å². The van der Waals surface area contributed by atoms with Gasteiger partial charge in [-0.15, -0.1) is 11.3 Å². The molecule has 5 rings (SSSR count). The van der Waals surface area contributed by atoms with Crippen molar-refractivity contribution in [3.8, 4) is 11.5 Å². The van der Waals surface area contributed by atoms with E-state index in [9.17, 15) is 19.1 Å². The van der Waals surface area contributed by atoms with E-state index in [1.54, 1.807) is 30.3 Å². The first-order valence-corrected chi connectivity index (χ1v) is 10.9. The minimum absolute atomic E-state index is 0.0104. The number of hydrogen-bond donors (Lipinski definition) is 1. The third-order valence-corrected chi connectivity index (χ3v) is 6.36. The molecule has 2 aliphatic rings. The molecule has 2 aromatic carbocycles. The number of carbonyl (C=O) groups is 2. The van der Waals surface area contributed by atoms with Crippen molar-refractivity contribution in [2.45, 2.75) is 12.6 Å². The number of rotatable bonds is 4. The number of amides is 1. The van der Waals surface area contributed by atoms with Crippen molar-refractivity contribution in [2.75, 3.05) is 13.2 Å². The van der Waals surface area contributed by atoms with Crippen LogP contribution in [0.1, 0.15) is 22.0 Å². The highest BCUT2D eigenvalue weighted by Crippen LogP contribution is 2.43. The van der Waals surface area contributed by atoms with Crippen molar-refractivity contribution in [3.05, 3.63) is 87.4 Å². The van der Waals surface area contributed by atoms with Crippen LogP contribution < -0.4 is 9.47 Å². The smallest absolute Gasteiger partial charge is 0.295 e. The quantitative estimate of drug-likeness (QED) is 0.364. The molecule has 2 aliphatic heterocycles. The molecule has 3 heterocycles. The number of benzene rings is 2. The molecule has 0 saturated carbocycles. The first kappa shape index (κ1) is 20.3. The van der Waals surface area contributed by atoms with Crippen molar-refractivity contribution >= 4 is 28.8 Å². The minimum Gasteiger partial charge on any atom is -0.507 e. The van der Waals surface area contributed by atoms with E-state index in [2.05, 4.69) is 0 Å². The third kappa shape index (κ3) is 3.52. The van der Waals surface area contributed by atoms with Gasteiger partial charge in [-0.3, -0.25) is 9.59 Å². The van der Waals surface area contributed by atoms with Crippen LogP contribution in [0.4, 0.5) is 4.39 Å². The molecule has 0 bridgehead atoms. The number of thiophene rings is 1. The van der Waals surface area contributed by atoms with Crippen molar-refractivity contribution in [1.82, 2.24) is 4.90 Å². The van der Waals surface area contributed by atoms with Crippen LogP contribution in [0.15, 0.2) is 65.6 Å². The van der Waals surface area contributed by atoms with Gasteiger partial charge in [-0.05, 0) is 47.3 Å². The molecule has 3 aromatic rings.